The van der Waals surface area contributed by atoms with Crippen LogP contribution in [-0.2, 0) is 9.53 Å². The average molecular weight is 215 g/mol. The van der Waals surface area contributed by atoms with Crippen molar-refractivity contribution in [3.8, 4) is 0 Å². The van der Waals surface area contributed by atoms with Gasteiger partial charge in [0.15, 0.2) is 5.60 Å². The Balaban J connectivity index is 1.94. The van der Waals surface area contributed by atoms with E-state index in [1.807, 2.05) is 0 Å². The van der Waals surface area contributed by atoms with Crippen molar-refractivity contribution in [3.05, 3.63) is 0 Å². The second kappa shape index (κ2) is 4.08. The number of β-amino-alcohol motifs (C(OH)–C–C–N with tert-alkyl or cyclic N) is 1. The van der Waals surface area contributed by atoms with Crippen molar-refractivity contribution >= 4 is 5.97 Å². The Labute approximate surface area is 88.6 Å². The van der Waals surface area contributed by atoms with Crippen LogP contribution in [0.5, 0.6) is 0 Å². The molecule has 0 spiro atoms. The Morgan fingerprint density at radius 1 is 1.40 bits per heavy atom. The Morgan fingerprint density at radius 2 is 2.07 bits per heavy atom. The molecule has 2 N–H and O–H groups in total. The maximum absolute atomic E-state index is 10.9. The summed E-state index contributed by atoms with van der Waals surface area (Å²) in [6, 6.07) is 0.382. The molecule has 1 atom stereocenters. The fraction of sp³-hybridized carbons (Fsp3) is 0.900. The fourth-order valence-corrected chi connectivity index (χ4v) is 2.36. The van der Waals surface area contributed by atoms with Gasteiger partial charge in [-0.05, 0) is 12.8 Å². The summed E-state index contributed by atoms with van der Waals surface area (Å²) in [5.74, 6) is -1.10. The number of ether oxygens (including phenoxy) is 1. The van der Waals surface area contributed by atoms with E-state index in [-0.39, 0.29) is 6.54 Å². The maximum Gasteiger partial charge on any atom is 0.337 e. The van der Waals surface area contributed by atoms with Gasteiger partial charge in [0.1, 0.15) is 0 Å². The van der Waals surface area contributed by atoms with Crippen LogP contribution in [0, 0.1) is 0 Å². The molecule has 0 aromatic carbocycles. The molecular formula is C10H17NO4. The van der Waals surface area contributed by atoms with Crippen LogP contribution in [0.15, 0.2) is 0 Å². The standard InChI is InChI=1S/C10H17NO4/c12-9(13)10(14)3-4-11(7-10)8-1-5-15-6-2-8/h8,14H,1-7H2,(H,12,13). The van der Waals surface area contributed by atoms with Crippen LogP contribution < -0.4 is 0 Å². The zero-order chi connectivity index (χ0) is 10.9. The highest BCUT2D eigenvalue weighted by molar-refractivity contribution is 5.77. The molecule has 2 heterocycles. The Hall–Kier alpha value is -0.650. The minimum Gasteiger partial charge on any atom is -0.479 e. The molecule has 0 saturated carbocycles. The first-order chi connectivity index (χ1) is 7.12. The van der Waals surface area contributed by atoms with E-state index in [0.29, 0.717) is 19.0 Å². The van der Waals surface area contributed by atoms with Gasteiger partial charge in [0.05, 0.1) is 0 Å². The summed E-state index contributed by atoms with van der Waals surface area (Å²) in [4.78, 5) is 12.9. The number of hydrogen-bond donors (Lipinski definition) is 2. The smallest absolute Gasteiger partial charge is 0.337 e. The summed E-state index contributed by atoms with van der Waals surface area (Å²) in [6.45, 7) is 2.42. The molecule has 2 fully saturated rings. The number of aliphatic hydroxyl groups is 1. The molecule has 2 aliphatic rings. The van der Waals surface area contributed by atoms with Crippen LogP contribution in [0.1, 0.15) is 19.3 Å². The Kier molecular flexibility index (Phi) is 2.95. The second-order valence-corrected chi connectivity index (χ2v) is 4.40. The molecule has 0 bridgehead atoms. The van der Waals surface area contributed by atoms with E-state index in [9.17, 15) is 9.90 Å². The molecule has 2 aliphatic heterocycles. The van der Waals surface area contributed by atoms with Crippen molar-refractivity contribution in [2.24, 2.45) is 0 Å². The SMILES string of the molecule is O=C(O)C1(O)CCN(C2CCOCC2)C1. The summed E-state index contributed by atoms with van der Waals surface area (Å²) in [5, 5.41) is 18.7. The number of carboxylic acid groups (broad SMARTS) is 1. The first-order valence-electron chi connectivity index (χ1n) is 5.39. The lowest BCUT2D eigenvalue weighted by Gasteiger charge is -2.31. The largest absolute Gasteiger partial charge is 0.479 e. The van der Waals surface area contributed by atoms with E-state index < -0.39 is 11.6 Å². The van der Waals surface area contributed by atoms with E-state index >= 15 is 0 Å². The number of hydrogen-bond acceptors (Lipinski definition) is 4. The summed E-state index contributed by atoms with van der Waals surface area (Å²) in [5.41, 5.74) is -1.53. The van der Waals surface area contributed by atoms with Gasteiger partial charge >= 0.3 is 5.97 Å². The van der Waals surface area contributed by atoms with Gasteiger partial charge in [-0.3, -0.25) is 4.90 Å². The van der Waals surface area contributed by atoms with E-state index in [0.717, 1.165) is 26.1 Å². The summed E-state index contributed by atoms with van der Waals surface area (Å²) < 4.78 is 5.25. The molecule has 2 rings (SSSR count). The van der Waals surface area contributed by atoms with Gasteiger partial charge < -0.3 is 14.9 Å². The third-order valence-electron chi connectivity index (χ3n) is 3.38. The highest BCUT2D eigenvalue weighted by atomic mass is 16.5. The zero-order valence-corrected chi connectivity index (χ0v) is 8.69. The highest BCUT2D eigenvalue weighted by Crippen LogP contribution is 2.26. The first kappa shape index (κ1) is 10.9. The molecular weight excluding hydrogens is 198 g/mol. The van der Waals surface area contributed by atoms with E-state index in [1.165, 1.54) is 0 Å². The molecule has 0 aromatic heterocycles. The number of likely N-dealkylation sites (tertiary alicyclic amines) is 1. The molecule has 1 unspecified atom stereocenters. The van der Waals surface area contributed by atoms with Gasteiger partial charge in [-0.25, -0.2) is 4.79 Å². The average Bonchev–Trinajstić information content (AvgIpc) is 2.64. The van der Waals surface area contributed by atoms with Gasteiger partial charge in [0, 0.05) is 38.8 Å². The van der Waals surface area contributed by atoms with Crippen LogP contribution in [0.25, 0.3) is 0 Å². The molecule has 2 saturated heterocycles. The predicted octanol–water partition coefficient (Wildman–Crippen LogP) is -0.313. The zero-order valence-electron chi connectivity index (χ0n) is 8.69. The van der Waals surface area contributed by atoms with Crippen molar-refractivity contribution < 1.29 is 19.7 Å². The second-order valence-electron chi connectivity index (χ2n) is 4.40. The molecule has 0 radical (unpaired) electrons. The van der Waals surface area contributed by atoms with Gasteiger partial charge in [0.25, 0.3) is 0 Å². The van der Waals surface area contributed by atoms with Crippen molar-refractivity contribution in [1.82, 2.24) is 4.90 Å². The van der Waals surface area contributed by atoms with E-state index in [4.69, 9.17) is 9.84 Å². The lowest BCUT2D eigenvalue weighted by Crippen LogP contribution is -2.45. The summed E-state index contributed by atoms with van der Waals surface area (Å²) in [6.07, 6.45) is 2.21. The number of carbonyl (C=O) groups is 1. The van der Waals surface area contributed by atoms with Gasteiger partial charge in [-0.15, -0.1) is 0 Å². The van der Waals surface area contributed by atoms with Crippen LogP contribution in [-0.4, -0.2) is 59.0 Å². The van der Waals surface area contributed by atoms with Gasteiger partial charge in [-0.2, -0.15) is 0 Å². The number of nitrogens with zero attached hydrogens (tertiary/aromatic N) is 1. The monoisotopic (exact) mass is 215 g/mol. The first-order valence-corrected chi connectivity index (χ1v) is 5.39. The third kappa shape index (κ3) is 2.14. The van der Waals surface area contributed by atoms with Crippen LogP contribution in [0.2, 0.25) is 0 Å². The molecule has 0 amide bonds. The number of rotatable bonds is 2. The molecule has 5 heteroatoms. The summed E-state index contributed by atoms with van der Waals surface area (Å²) >= 11 is 0. The van der Waals surface area contributed by atoms with Gasteiger partial charge in [0.2, 0.25) is 0 Å². The minimum absolute atomic E-state index is 0.257. The molecule has 0 aromatic rings. The van der Waals surface area contributed by atoms with Gasteiger partial charge in [-0.1, -0.05) is 0 Å². The van der Waals surface area contributed by atoms with Crippen molar-refractivity contribution in [2.75, 3.05) is 26.3 Å². The normalized spacial score (nSPS) is 34.5. The van der Waals surface area contributed by atoms with Crippen molar-refractivity contribution in [3.63, 3.8) is 0 Å². The number of carboxylic acids is 1. The van der Waals surface area contributed by atoms with Crippen molar-refractivity contribution in [1.29, 1.82) is 0 Å². The van der Waals surface area contributed by atoms with Crippen LogP contribution in [0.4, 0.5) is 0 Å². The highest BCUT2D eigenvalue weighted by Gasteiger charge is 2.44. The quantitative estimate of drug-likeness (QED) is 0.661. The molecule has 0 aliphatic carbocycles. The molecule has 86 valence electrons. The van der Waals surface area contributed by atoms with Crippen LogP contribution >= 0.6 is 0 Å². The maximum atomic E-state index is 10.9. The van der Waals surface area contributed by atoms with E-state index in [2.05, 4.69) is 4.90 Å². The Morgan fingerprint density at radius 3 is 2.60 bits per heavy atom. The molecule has 5 nitrogen and oxygen atoms in total. The Bertz CT molecular complexity index is 252. The van der Waals surface area contributed by atoms with Crippen LogP contribution in [0.3, 0.4) is 0 Å². The third-order valence-corrected chi connectivity index (χ3v) is 3.38. The number of aliphatic carboxylic acids is 1. The summed E-state index contributed by atoms with van der Waals surface area (Å²) in [7, 11) is 0. The molecule has 15 heavy (non-hydrogen) atoms. The lowest BCUT2D eigenvalue weighted by atomic mass is 10.0. The van der Waals surface area contributed by atoms with E-state index in [1.54, 1.807) is 0 Å². The minimum atomic E-state index is -1.53. The fourth-order valence-electron chi connectivity index (χ4n) is 2.36. The topological polar surface area (TPSA) is 70.0 Å². The predicted molar refractivity (Wildman–Crippen MR) is 52.6 cm³/mol. The van der Waals surface area contributed by atoms with Crippen molar-refractivity contribution in [2.45, 2.75) is 30.9 Å². The lowest BCUT2D eigenvalue weighted by molar-refractivity contribution is -0.157.